The first-order valence-corrected chi connectivity index (χ1v) is 17.5. The van der Waals surface area contributed by atoms with Crippen molar-refractivity contribution in [1.29, 1.82) is 0 Å². The molecule has 254 valence electrons. The smallest absolute Gasteiger partial charge is 0.306 e. The molecule has 4 aliphatic rings. The molecule has 0 heterocycles. The van der Waals surface area contributed by atoms with E-state index in [9.17, 15) is 29.7 Å². The molecular formula is C37H54N2O7. The highest BCUT2D eigenvalue weighted by Crippen LogP contribution is 2.67. The molecule has 6 N–H and O–H groups in total. The van der Waals surface area contributed by atoms with Crippen LogP contribution in [0.15, 0.2) is 23.8 Å². The predicted octanol–water partition coefficient (Wildman–Crippen LogP) is 6.59. The molecule has 3 fully saturated rings. The number of carbonyl (C=O) groups is 3. The van der Waals surface area contributed by atoms with Crippen LogP contribution in [0.25, 0.3) is 0 Å². The van der Waals surface area contributed by atoms with Crippen LogP contribution in [0.1, 0.15) is 122 Å². The maximum Gasteiger partial charge on any atom is 0.306 e. The zero-order valence-electron chi connectivity index (χ0n) is 28.0. The maximum absolute atomic E-state index is 12.8. The fourth-order valence-corrected chi connectivity index (χ4v) is 9.93. The molecule has 0 aromatic heterocycles. The van der Waals surface area contributed by atoms with Gasteiger partial charge in [-0.25, -0.2) is 0 Å². The van der Waals surface area contributed by atoms with Gasteiger partial charge in [-0.1, -0.05) is 52.2 Å². The first kappa shape index (κ1) is 34.3. The first-order valence-electron chi connectivity index (χ1n) is 17.5. The van der Waals surface area contributed by atoms with Crippen LogP contribution in [0.5, 0.6) is 11.5 Å². The lowest BCUT2D eigenvalue weighted by Crippen LogP contribution is -2.51. The summed E-state index contributed by atoms with van der Waals surface area (Å²) >= 11 is 0. The number of aliphatic hydroxyl groups excluding tert-OH is 1. The lowest BCUT2D eigenvalue weighted by Gasteiger charge is -2.58. The lowest BCUT2D eigenvalue weighted by molar-refractivity contribution is -0.152. The van der Waals surface area contributed by atoms with E-state index in [1.54, 1.807) is 0 Å². The SMILES string of the molecule is CC(C)CCCC(O)C1CCC2C3CC=C4CC(OC(=O)CCC(=O)Nc5ccc(O)c(C(N)=O)c5O)CCC4(C)C3CCC12C. The van der Waals surface area contributed by atoms with Crippen LogP contribution in [-0.2, 0) is 14.3 Å². The quantitative estimate of drug-likeness (QED) is 0.0791. The van der Waals surface area contributed by atoms with Gasteiger partial charge in [-0.05, 0) is 104 Å². The van der Waals surface area contributed by atoms with Gasteiger partial charge >= 0.3 is 5.97 Å². The first-order chi connectivity index (χ1) is 21.7. The number of phenols is 2. The summed E-state index contributed by atoms with van der Waals surface area (Å²) < 4.78 is 5.85. The average Bonchev–Trinajstić information content (AvgIpc) is 3.35. The molecule has 4 aliphatic carbocycles. The average molecular weight is 639 g/mol. The van der Waals surface area contributed by atoms with E-state index in [-0.39, 0.29) is 41.6 Å². The van der Waals surface area contributed by atoms with Crippen molar-refractivity contribution in [3.8, 4) is 11.5 Å². The molecule has 0 aliphatic heterocycles. The van der Waals surface area contributed by atoms with Crippen molar-refractivity contribution < 1.29 is 34.4 Å². The van der Waals surface area contributed by atoms with Crippen LogP contribution in [0.4, 0.5) is 5.69 Å². The van der Waals surface area contributed by atoms with Crippen molar-refractivity contribution in [3.05, 3.63) is 29.3 Å². The van der Waals surface area contributed by atoms with E-state index in [2.05, 4.69) is 39.1 Å². The molecule has 8 atom stereocenters. The molecule has 1 aromatic carbocycles. The van der Waals surface area contributed by atoms with Gasteiger partial charge in [0.15, 0.2) is 5.75 Å². The number of fused-ring (bicyclic) bond motifs is 5. The molecular weight excluding hydrogens is 584 g/mol. The van der Waals surface area contributed by atoms with Crippen LogP contribution >= 0.6 is 0 Å². The summed E-state index contributed by atoms with van der Waals surface area (Å²) in [7, 11) is 0. The van der Waals surface area contributed by atoms with Gasteiger partial charge in [0.2, 0.25) is 5.91 Å². The van der Waals surface area contributed by atoms with Crippen LogP contribution in [-0.4, -0.2) is 45.3 Å². The Kier molecular flexibility index (Phi) is 10.1. The number of rotatable bonds is 11. The third-order valence-corrected chi connectivity index (χ3v) is 12.4. The Hall–Kier alpha value is -3.07. The number of ether oxygens (including phenoxy) is 1. The van der Waals surface area contributed by atoms with E-state index in [4.69, 9.17) is 10.5 Å². The molecule has 0 saturated heterocycles. The molecule has 0 spiro atoms. The van der Waals surface area contributed by atoms with E-state index in [0.29, 0.717) is 29.6 Å². The number of amides is 2. The van der Waals surface area contributed by atoms with Gasteiger partial charge in [-0.3, -0.25) is 14.4 Å². The highest BCUT2D eigenvalue weighted by molar-refractivity contribution is 6.02. The minimum atomic E-state index is -1.03. The molecule has 5 rings (SSSR count). The van der Waals surface area contributed by atoms with Crippen LogP contribution < -0.4 is 11.1 Å². The molecule has 9 nitrogen and oxygen atoms in total. The Bertz CT molecular complexity index is 1360. The fourth-order valence-electron chi connectivity index (χ4n) is 9.93. The molecule has 9 heteroatoms. The van der Waals surface area contributed by atoms with E-state index < -0.39 is 34.8 Å². The molecule has 3 saturated carbocycles. The maximum atomic E-state index is 12.8. The second-order valence-corrected chi connectivity index (χ2v) is 15.5. The molecule has 8 unspecified atom stereocenters. The van der Waals surface area contributed by atoms with Crippen LogP contribution in [0, 0.1) is 40.4 Å². The Morgan fingerprint density at radius 1 is 1.02 bits per heavy atom. The van der Waals surface area contributed by atoms with Crippen molar-refractivity contribution in [2.75, 3.05) is 5.32 Å². The Labute approximate surface area is 273 Å². The number of aliphatic hydroxyl groups is 1. The van der Waals surface area contributed by atoms with E-state index in [1.807, 2.05) is 0 Å². The number of benzene rings is 1. The topological polar surface area (TPSA) is 159 Å². The third kappa shape index (κ3) is 6.67. The number of carbonyl (C=O) groups excluding carboxylic acids is 3. The van der Waals surface area contributed by atoms with Gasteiger partial charge in [0.25, 0.3) is 5.91 Å². The molecule has 2 amide bonds. The molecule has 1 aromatic rings. The third-order valence-electron chi connectivity index (χ3n) is 12.4. The van der Waals surface area contributed by atoms with Gasteiger partial charge in [0, 0.05) is 12.8 Å². The zero-order chi connectivity index (χ0) is 33.4. The highest BCUT2D eigenvalue weighted by Gasteiger charge is 2.59. The summed E-state index contributed by atoms with van der Waals surface area (Å²) in [6, 6.07) is 2.41. The van der Waals surface area contributed by atoms with Gasteiger partial charge in [-0.2, -0.15) is 0 Å². The summed E-state index contributed by atoms with van der Waals surface area (Å²) in [6.07, 6.45) is 13.3. The Balaban J connectivity index is 1.14. The monoisotopic (exact) mass is 638 g/mol. The van der Waals surface area contributed by atoms with Crippen LogP contribution in [0.2, 0.25) is 0 Å². The van der Waals surface area contributed by atoms with Gasteiger partial charge < -0.3 is 31.1 Å². The molecule has 0 bridgehead atoms. The number of esters is 1. The number of nitrogens with two attached hydrogens (primary N) is 1. The summed E-state index contributed by atoms with van der Waals surface area (Å²) in [6.45, 7) is 9.41. The van der Waals surface area contributed by atoms with E-state index >= 15 is 0 Å². The number of anilines is 1. The molecule has 46 heavy (non-hydrogen) atoms. The highest BCUT2D eigenvalue weighted by atomic mass is 16.5. The zero-order valence-corrected chi connectivity index (χ0v) is 28.0. The van der Waals surface area contributed by atoms with Crippen molar-refractivity contribution in [2.24, 2.45) is 46.2 Å². The van der Waals surface area contributed by atoms with Gasteiger partial charge in [-0.15, -0.1) is 0 Å². The van der Waals surface area contributed by atoms with E-state index in [1.165, 1.54) is 37.3 Å². The Morgan fingerprint density at radius 2 is 1.78 bits per heavy atom. The number of hydrogen-bond acceptors (Lipinski definition) is 7. The minimum absolute atomic E-state index is 0.0759. The summed E-state index contributed by atoms with van der Waals surface area (Å²) in [4.78, 5) is 36.8. The van der Waals surface area contributed by atoms with Crippen molar-refractivity contribution >= 4 is 23.5 Å². The number of allylic oxidation sites excluding steroid dienone is 1. The standard InChI is InChI=1S/C37H54N2O7/c1-21(2)6-5-7-29(40)27-11-10-25-24-9-8-22-20-23(16-18-36(22,3)26(24)17-19-37(25,27)4)46-32(43)15-14-31(42)39-28-12-13-30(41)33(34(28)44)35(38)45/h8,12-13,21,23-27,29,40-41,44H,5-7,9-11,14-20H2,1-4H3,(H2,38,45)(H,39,42). The number of nitrogens with one attached hydrogen (secondary N) is 1. The number of aromatic hydroxyl groups is 2. The van der Waals surface area contributed by atoms with Crippen LogP contribution in [0.3, 0.4) is 0 Å². The predicted molar refractivity (Wildman–Crippen MR) is 176 cm³/mol. The molecule has 0 radical (unpaired) electrons. The second kappa shape index (κ2) is 13.6. The summed E-state index contributed by atoms with van der Waals surface area (Å²) in [5.74, 6) is -0.123. The van der Waals surface area contributed by atoms with Crippen molar-refractivity contribution in [1.82, 2.24) is 0 Å². The normalized spacial score (nSPS) is 32.5. The summed E-state index contributed by atoms with van der Waals surface area (Å²) in [5, 5.41) is 33.7. The summed E-state index contributed by atoms with van der Waals surface area (Å²) in [5.41, 5.74) is 6.38. The van der Waals surface area contributed by atoms with E-state index in [0.717, 1.165) is 51.0 Å². The lowest BCUT2D eigenvalue weighted by atomic mass is 9.47. The van der Waals surface area contributed by atoms with Gasteiger partial charge in [0.05, 0.1) is 18.2 Å². The van der Waals surface area contributed by atoms with Crippen molar-refractivity contribution in [3.63, 3.8) is 0 Å². The minimum Gasteiger partial charge on any atom is -0.507 e. The number of primary amides is 1. The largest absolute Gasteiger partial charge is 0.507 e. The number of hydrogen-bond donors (Lipinski definition) is 5. The van der Waals surface area contributed by atoms with Gasteiger partial charge in [0.1, 0.15) is 17.4 Å². The second-order valence-electron chi connectivity index (χ2n) is 15.5. The fraction of sp³-hybridized carbons (Fsp3) is 0.703. The Morgan fingerprint density at radius 3 is 2.50 bits per heavy atom. The van der Waals surface area contributed by atoms with Crippen molar-refractivity contribution in [2.45, 2.75) is 123 Å².